The molecule has 0 aromatic heterocycles. The molecule has 0 aliphatic heterocycles. The first-order valence-electron chi connectivity index (χ1n) is 7.50. The topological polar surface area (TPSA) is 50.4 Å². The standard InChI is InChI=1S/C18H19IN2O2S/c1-4-12-7-5-6-11(2)16(12)20-18(24)21-17(22)13-8-9-15(23-3)14(19)10-13/h5-10H,4H2,1-3H3,(H2,20,21,22,24). The van der Waals surface area contributed by atoms with Crippen molar-refractivity contribution in [3.63, 3.8) is 0 Å². The normalized spacial score (nSPS) is 10.2. The van der Waals surface area contributed by atoms with Gasteiger partial charge in [0.05, 0.1) is 10.7 Å². The molecular formula is C18H19IN2O2S. The molecule has 2 rings (SSSR count). The van der Waals surface area contributed by atoms with E-state index in [9.17, 15) is 4.79 Å². The molecule has 0 atom stereocenters. The van der Waals surface area contributed by atoms with Gasteiger partial charge in [0, 0.05) is 11.3 Å². The highest BCUT2D eigenvalue weighted by Gasteiger charge is 2.12. The molecule has 0 heterocycles. The maximum absolute atomic E-state index is 12.4. The summed E-state index contributed by atoms with van der Waals surface area (Å²) in [5, 5.41) is 6.15. The molecule has 2 aromatic carbocycles. The number of hydrogen-bond donors (Lipinski definition) is 2. The fourth-order valence-electron chi connectivity index (χ4n) is 2.33. The second-order valence-corrected chi connectivity index (χ2v) is 6.79. The van der Waals surface area contributed by atoms with Crippen LogP contribution in [-0.4, -0.2) is 18.1 Å². The number of para-hydroxylation sites is 1. The number of ether oxygens (including phenoxy) is 1. The van der Waals surface area contributed by atoms with Crippen molar-refractivity contribution in [1.29, 1.82) is 0 Å². The number of anilines is 1. The van der Waals surface area contributed by atoms with Crippen molar-refractivity contribution in [3.05, 3.63) is 56.7 Å². The Kier molecular flexibility index (Phi) is 6.56. The van der Waals surface area contributed by atoms with Crippen molar-refractivity contribution in [1.82, 2.24) is 5.32 Å². The summed E-state index contributed by atoms with van der Waals surface area (Å²) in [5.41, 5.74) is 3.73. The van der Waals surface area contributed by atoms with Crippen LogP contribution in [0.15, 0.2) is 36.4 Å². The lowest BCUT2D eigenvalue weighted by atomic mass is 10.1. The Bertz CT molecular complexity index is 778. The van der Waals surface area contributed by atoms with E-state index in [0.29, 0.717) is 5.56 Å². The molecule has 0 bridgehead atoms. The van der Waals surface area contributed by atoms with Gasteiger partial charge in [-0.05, 0) is 77.5 Å². The summed E-state index contributed by atoms with van der Waals surface area (Å²) in [6, 6.07) is 11.3. The molecule has 0 aliphatic carbocycles. The van der Waals surface area contributed by atoms with Gasteiger partial charge in [-0.25, -0.2) is 0 Å². The minimum absolute atomic E-state index is 0.250. The van der Waals surface area contributed by atoms with Crippen molar-refractivity contribution in [3.8, 4) is 5.75 Å². The van der Waals surface area contributed by atoms with Gasteiger partial charge in [0.2, 0.25) is 0 Å². The van der Waals surface area contributed by atoms with E-state index < -0.39 is 0 Å². The molecule has 0 aliphatic rings. The average molecular weight is 454 g/mol. The van der Waals surface area contributed by atoms with Crippen LogP contribution in [0.4, 0.5) is 5.69 Å². The Morgan fingerprint density at radius 2 is 2.04 bits per heavy atom. The van der Waals surface area contributed by atoms with Gasteiger partial charge in [-0.15, -0.1) is 0 Å². The van der Waals surface area contributed by atoms with Crippen LogP contribution in [0.25, 0.3) is 0 Å². The smallest absolute Gasteiger partial charge is 0.257 e. The number of methoxy groups -OCH3 is 1. The molecule has 6 heteroatoms. The van der Waals surface area contributed by atoms with Crippen molar-refractivity contribution in [2.45, 2.75) is 20.3 Å². The van der Waals surface area contributed by atoms with Crippen LogP contribution in [0, 0.1) is 10.5 Å². The van der Waals surface area contributed by atoms with Crippen molar-refractivity contribution in [2.75, 3.05) is 12.4 Å². The van der Waals surface area contributed by atoms with Crippen LogP contribution in [0.2, 0.25) is 0 Å². The summed E-state index contributed by atoms with van der Waals surface area (Å²) in [5.74, 6) is 0.486. The minimum atomic E-state index is -0.250. The number of thiocarbonyl (C=S) groups is 1. The van der Waals surface area contributed by atoms with Gasteiger partial charge in [0.15, 0.2) is 5.11 Å². The van der Waals surface area contributed by atoms with E-state index in [1.54, 1.807) is 25.3 Å². The molecular weight excluding hydrogens is 435 g/mol. The molecule has 0 unspecified atom stereocenters. The summed E-state index contributed by atoms with van der Waals surface area (Å²) in [6.45, 7) is 4.10. The Morgan fingerprint density at radius 1 is 1.29 bits per heavy atom. The van der Waals surface area contributed by atoms with E-state index in [4.69, 9.17) is 17.0 Å². The molecule has 0 fully saturated rings. The summed E-state index contributed by atoms with van der Waals surface area (Å²) < 4.78 is 6.07. The number of carbonyl (C=O) groups excluding carboxylic acids is 1. The van der Waals surface area contributed by atoms with E-state index in [0.717, 1.165) is 32.6 Å². The fraction of sp³-hybridized carbons (Fsp3) is 0.222. The van der Waals surface area contributed by atoms with Crippen molar-refractivity contribution < 1.29 is 9.53 Å². The monoisotopic (exact) mass is 454 g/mol. The largest absolute Gasteiger partial charge is 0.496 e. The van der Waals surface area contributed by atoms with E-state index in [-0.39, 0.29) is 11.0 Å². The molecule has 0 saturated heterocycles. The molecule has 2 aromatic rings. The zero-order valence-electron chi connectivity index (χ0n) is 13.8. The number of rotatable bonds is 4. The number of aryl methyl sites for hydroxylation is 2. The Hall–Kier alpha value is -1.67. The molecule has 1 amide bonds. The third-order valence-corrected chi connectivity index (χ3v) is 4.67. The van der Waals surface area contributed by atoms with Crippen LogP contribution >= 0.6 is 34.8 Å². The minimum Gasteiger partial charge on any atom is -0.496 e. The van der Waals surface area contributed by atoms with E-state index >= 15 is 0 Å². The third kappa shape index (κ3) is 4.45. The highest BCUT2D eigenvalue weighted by Crippen LogP contribution is 2.22. The number of benzene rings is 2. The number of hydrogen-bond acceptors (Lipinski definition) is 3. The highest BCUT2D eigenvalue weighted by molar-refractivity contribution is 14.1. The number of halogens is 1. The first-order chi connectivity index (χ1) is 11.5. The van der Waals surface area contributed by atoms with E-state index in [1.165, 1.54) is 0 Å². The summed E-state index contributed by atoms with van der Waals surface area (Å²) >= 11 is 7.42. The highest BCUT2D eigenvalue weighted by atomic mass is 127. The Morgan fingerprint density at radius 3 is 2.67 bits per heavy atom. The van der Waals surface area contributed by atoms with E-state index in [2.05, 4.69) is 40.1 Å². The maximum Gasteiger partial charge on any atom is 0.257 e. The van der Waals surface area contributed by atoms with Gasteiger partial charge in [0.25, 0.3) is 5.91 Å². The van der Waals surface area contributed by atoms with Gasteiger partial charge in [-0.2, -0.15) is 0 Å². The molecule has 2 N–H and O–H groups in total. The second-order valence-electron chi connectivity index (χ2n) is 5.22. The lowest BCUT2D eigenvalue weighted by Crippen LogP contribution is -2.34. The summed E-state index contributed by atoms with van der Waals surface area (Å²) in [7, 11) is 1.60. The summed E-state index contributed by atoms with van der Waals surface area (Å²) in [6.07, 6.45) is 0.886. The van der Waals surface area contributed by atoms with Crippen molar-refractivity contribution >= 4 is 51.5 Å². The molecule has 126 valence electrons. The molecule has 0 spiro atoms. The number of nitrogens with one attached hydrogen (secondary N) is 2. The van der Waals surface area contributed by atoms with Crippen LogP contribution < -0.4 is 15.4 Å². The molecule has 24 heavy (non-hydrogen) atoms. The zero-order chi connectivity index (χ0) is 17.7. The van der Waals surface area contributed by atoms with Gasteiger partial charge in [0.1, 0.15) is 5.75 Å². The third-order valence-electron chi connectivity index (χ3n) is 3.62. The predicted octanol–water partition coefficient (Wildman–Crippen LogP) is 4.30. The first-order valence-corrected chi connectivity index (χ1v) is 8.99. The van der Waals surface area contributed by atoms with E-state index in [1.807, 2.05) is 25.1 Å². The van der Waals surface area contributed by atoms with Gasteiger partial charge in [-0.3, -0.25) is 10.1 Å². The fourth-order valence-corrected chi connectivity index (χ4v) is 3.26. The lowest BCUT2D eigenvalue weighted by molar-refractivity contribution is 0.0977. The molecule has 0 saturated carbocycles. The second kappa shape index (κ2) is 8.43. The van der Waals surface area contributed by atoms with Crippen LogP contribution in [-0.2, 0) is 6.42 Å². The summed E-state index contributed by atoms with van der Waals surface area (Å²) in [4.78, 5) is 12.4. The van der Waals surface area contributed by atoms with Crippen LogP contribution in [0.1, 0.15) is 28.4 Å². The molecule has 4 nitrogen and oxygen atoms in total. The first kappa shape index (κ1) is 18.7. The number of carbonyl (C=O) groups is 1. The maximum atomic E-state index is 12.4. The lowest BCUT2D eigenvalue weighted by Gasteiger charge is -2.15. The Labute approximate surface area is 161 Å². The van der Waals surface area contributed by atoms with Crippen LogP contribution in [0.3, 0.4) is 0 Å². The van der Waals surface area contributed by atoms with Gasteiger partial charge < -0.3 is 10.1 Å². The van der Waals surface area contributed by atoms with Crippen molar-refractivity contribution in [2.24, 2.45) is 0 Å². The van der Waals surface area contributed by atoms with Crippen LogP contribution in [0.5, 0.6) is 5.75 Å². The number of amides is 1. The van der Waals surface area contributed by atoms with Gasteiger partial charge >= 0.3 is 0 Å². The van der Waals surface area contributed by atoms with Gasteiger partial charge in [-0.1, -0.05) is 25.1 Å². The molecule has 0 radical (unpaired) electrons. The quantitative estimate of drug-likeness (QED) is 0.535. The SMILES string of the molecule is CCc1cccc(C)c1NC(=S)NC(=O)c1ccc(OC)c(I)c1. The Balaban J connectivity index is 2.10. The predicted molar refractivity (Wildman–Crippen MR) is 110 cm³/mol. The zero-order valence-corrected chi connectivity index (χ0v) is 16.7. The average Bonchev–Trinajstić information content (AvgIpc) is 2.56.